The third-order valence-electron chi connectivity index (χ3n) is 6.01. The van der Waals surface area contributed by atoms with E-state index < -0.39 is 23.4 Å². The van der Waals surface area contributed by atoms with Crippen LogP contribution in [-0.4, -0.2) is 33.3 Å². The molecule has 0 bridgehead atoms. The van der Waals surface area contributed by atoms with Crippen LogP contribution < -0.4 is 0 Å². The summed E-state index contributed by atoms with van der Waals surface area (Å²) >= 11 is 6.51. The highest BCUT2D eigenvalue weighted by Crippen LogP contribution is 2.61. The molecule has 0 fully saturated rings. The monoisotopic (exact) mass is 358 g/mol. The number of fused-ring (bicyclic) bond motifs is 5. The molecule has 2 aliphatic rings. The number of Topliss-reactive ketones (excluding diaryl/α,β-unsaturated/α-hetero) is 1. The first-order chi connectivity index (χ1) is 11.8. The molecule has 25 heavy (non-hydrogen) atoms. The second-order valence-corrected chi connectivity index (χ2v) is 7.68. The number of aliphatic hydroxyl groups excluding tert-OH is 1. The molecule has 2 atom stereocenters. The highest BCUT2D eigenvalue weighted by Gasteiger charge is 2.60. The van der Waals surface area contributed by atoms with E-state index in [1.807, 2.05) is 25.1 Å². The molecule has 0 unspecified atom stereocenters. The van der Waals surface area contributed by atoms with E-state index in [0.29, 0.717) is 17.9 Å². The van der Waals surface area contributed by atoms with Gasteiger partial charge in [0.2, 0.25) is 0 Å². The van der Waals surface area contributed by atoms with Crippen molar-refractivity contribution in [2.24, 2.45) is 5.41 Å². The Morgan fingerprint density at radius 3 is 2.76 bits per heavy atom. The summed E-state index contributed by atoms with van der Waals surface area (Å²) < 4.78 is 0. The molecule has 0 aromatic heterocycles. The van der Waals surface area contributed by atoms with E-state index in [-0.39, 0.29) is 12.2 Å². The molecule has 2 aliphatic carbocycles. The molecule has 2 aromatic rings. The Hall–Kier alpha value is -1.88. The maximum atomic E-state index is 12.3. The van der Waals surface area contributed by atoms with Crippen LogP contribution in [0, 0.1) is 5.41 Å². The number of phenolic OH excluding ortho intramolecular Hbond substituents is 1. The Labute approximate surface area is 150 Å². The normalized spacial score (nSPS) is 28.2. The second kappa shape index (κ2) is 5.31. The summed E-state index contributed by atoms with van der Waals surface area (Å²) in [6.45, 7) is 1.16. The number of hydrogen-bond acceptors (Lipinski definition) is 4. The SMILES string of the molecule is C[C@]12CCc3c(ccc4cc(O)ccc34)C1=C(Cl)C[C@]2(O)C(=O)CO. The highest BCUT2D eigenvalue weighted by molar-refractivity contribution is 6.34. The largest absolute Gasteiger partial charge is 0.508 e. The van der Waals surface area contributed by atoms with Crippen LogP contribution >= 0.6 is 11.6 Å². The number of benzene rings is 2. The smallest absolute Gasteiger partial charge is 0.190 e. The van der Waals surface area contributed by atoms with Gasteiger partial charge in [-0.1, -0.05) is 36.7 Å². The van der Waals surface area contributed by atoms with Crippen molar-refractivity contribution in [2.45, 2.75) is 31.8 Å². The van der Waals surface area contributed by atoms with Gasteiger partial charge in [-0.05, 0) is 52.4 Å². The molecule has 4 rings (SSSR count). The van der Waals surface area contributed by atoms with Crippen molar-refractivity contribution in [2.75, 3.05) is 6.61 Å². The number of carbonyl (C=O) groups is 1. The van der Waals surface area contributed by atoms with Gasteiger partial charge in [-0.25, -0.2) is 0 Å². The number of carbonyl (C=O) groups excluding carboxylic acids is 1. The first-order valence-electron chi connectivity index (χ1n) is 8.32. The molecule has 4 nitrogen and oxygen atoms in total. The Morgan fingerprint density at radius 1 is 1.28 bits per heavy atom. The quantitative estimate of drug-likeness (QED) is 0.770. The van der Waals surface area contributed by atoms with E-state index in [1.165, 1.54) is 0 Å². The number of phenols is 1. The van der Waals surface area contributed by atoms with Gasteiger partial charge in [0.1, 0.15) is 18.0 Å². The van der Waals surface area contributed by atoms with Crippen molar-refractivity contribution >= 4 is 33.7 Å². The average molecular weight is 359 g/mol. The zero-order chi connectivity index (χ0) is 18.0. The predicted molar refractivity (Wildman–Crippen MR) is 96.5 cm³/mol. The Kier molecular flexibility index (Phi) is 3.52. The molecule has 5 heteroatoms. The molecule has 0 radical (unpaired) electrons. The molecule has 0 saturated heterocycles. The lowest BCUT2D eigenvalue weighted by Gasteiger charge is -2.43. The Balaban J connectivity index is 1.95. The summed E-state index contributed by atoms with van der Waals surface area (Å²) in [5.41, 5.74) is 0.370. The van der Waals surface area contributed by atoms with E-state index >= 15 is 0 Å². The number of rotatable bonds is 2. The summed E-state index contributed by atoms with van der Waals surface area (Å²) in [6, 6.07) is 9.14. The van der Waals surface area contributed by atoms with Gasteiger partial charge >= 0.3 is 0 Å². The van der Waals surface area contributed by atoms with Crippen LogP contribution in [0.2, 0.25) is 0 Å². The van der Waals surface area contributed by atoms with Gasteiger partial charge < -0.3 is 15.3 Å². The summed E-state index contributed by atoms with van der Waals surface area (Å²) in [6.07, 6.45) is 1.28. The molecule has 2 aromatic carbocycles. The molecular formula is C20H19ClO4. The number of aryl methyl sites for hydroxylation is 1. The van der Waals surface area contributed by atoms with Crippen LogP contribution in [0.25, 0.3) is 16.3 Å². The number of hydrogen-bond donors (Lipinski definition) is 3. The molecule has 0 spiro atoms. The topological polar surface area (TPSA) is 77.8 Å². The minimum Gasteiger partial charge on any atom is -0.508 e. The molecule has 0 amide bonds. The van der Waals surface area contributed by atoms with Gasteiger partial charge in [-0.15, -0.1) is 0 Å². The zero-order valence-corrected chi connectivity index (χ0v) is 14.6. The van der Waals surface area contributed by atoms with Gasteiger partial charge in [0.25, 0.3) is 0 Å². The summed E-state index contributed by atoms with van der Waals surface area (Å²) in [5.74, 6) is -0.369. The minimum absolute atomic E-state index is 0.0346. The molecule has 3 N–H and O–H groups in total. The van der Waals surface area contributed by atoms with Crippen LogP contribution in [0.4, 0.5) is 0 Å². The van der Waals surface area contributed by atoms with Crippen molar-refractivity contribution in [1.29, 1.82) is 0 Å². The van der Waals surface area contributed by atoms with Gasteiger partial charge in [0, 0.05) is 16.9 Å². The molecule has 0 heterocycles. The second-order valence-electron chi connectivity index (χ2n) is 7.23. The lowest BCUT2D eigenvalue weighted by Crippen LogP contribution is -2.52. The van der Waals surface area contributed by atoms with Crippen molar-refractivity contribution in [3.8, 4) is 5.75 Å². The molecular weight excluding hydrogens is 340 g/mol. The van der Waals surface area contributed by atoms with Crippen molar-refractivity contribution in [1.82, 2.24) is 0 Å². The lowest BCUT2D eigenvalue weighted by molar-refractivity contribution is -0.149. The molecule has 0 aliphatic heterocycles. The van der Waals surface area contributed by atoms with Crippen LogP contribution in [0.1, 0.15) is 30.9 Å². The van der Waals surface area contributed by atoms with E-state index in [4.69, 9.17) is 11.6 Å². The van der Waals surface area contributed by atoms with E-state index in [9.17, 15) is 20.1 Å². The predicted octanol–water partition coefficient (Wildman–Crippen LogP) is 3.14. The Morgan fingerprint density at radius 2 is 2.04 bits per heavy atom. The maximum Gasteiger partial charge on any atom is 0.190 e. The summed E-state index contributed by atoms with van der Waals surface area (Å²) in [7, 11) is 0. The van der Waals surface area contributed by atoms with E-state index in [2.05, 4.69) is 0 Å². The number of aliphatic hydroxyl groups is 2. The number of halogens is 1. The molecule has 130 valence electrons. The van der Waals surface area contributed by atoms with Gasteiger partial charge in [0.15, 0.2) is 5.78 Å². The van der Waals surface area contributed by atoms with Gasteiger partial charge in [-0.2, -0.15) is 0 Å². The van der Waals surface area contributed by atoms with Crippen LogP contribution in [0.15, 0.2) is 35.4 Å². The van der Waals surface area contributed by atoms with Crippen molar-refractivity contribution in [3.63, 3.8) is 0 Å². The lowest BCUT2D eigenvalue weighted by atomic mass is 9.62. The third kappa shape index (κ3) is 2.05. The van der Waals surface area contributed by atoms with E-state index in [0.717, 1.165) is 27.5 Å². The highest BCUT2D eigenvalue weighted by atomic mass is 35.5. The summed E-state index contributed by atoms with van der Waals surface area (Å²) in [4.78, 5) is 12.3. The first kappa shape index (κ1) is 16.6. The van der Waals surface area contributed by atoms with Crippen molar-refractivity contribution in [3.05, 3.63) is 46.5 Å². The van der Waals surface area contributed by atoms with Crippen LogP contribution in [0.5, 0.6) is 5.75 Å². The fraction of sp³-hybridized carbons (Fsp3) is 0.350. The average Bonchev–Trinajstić information content (AvgIpc) is 2.80. The van der Waals surface area contributed by atoms with Gasteiger partial charge in [-0.3, -0.25) is 4.79 Å². The van der Waals surface area contributed by atoms with Crippen molar-refractivity contribution < 1.29 is 20.1 Å². The fourth-order valence-corrected chi connectivity index (χ4v) is 5.09. The first-order valence-corrected chi connectivity index (χ1v) is 8.70. The Bertz CT molecular complexity index is 948. The van der Waals surface area contributed by atoms with Crippen LogP contribution in [-0.2, 0) is 11.2 Å². The molecule has 0 saturated carbocycles. The number of aromatic hydroxyl groups is 1. The maximum absolute atomic E-state index is 12.3. The van der Waals surface area contributed by atoms with Crippen LogP contribution in [0.3, 0.4) is 0 Å². The summed E-state index contributed by atoms with van der Waals surface area (Å²) in [5, 5.41) is 32.6. The number of ketones is 1. The fourth-order valence-electron chi connectivity index (χ4n) is 4.59. The van der Waals surface area contributed by atoms with Gasteiger partial charge in [0.05, 0.1) is 0 Å². The van der Waals surface area contributed by atoms with E-state index in [1.54, 1.807) is 12.1 Å². The standard InChI is InChI=1S/C20H19ClO4/c1-19-7-6-14-13-5-3-12(23)8-11(13)2-4-15(14)18(19)16(21)9-20(19,25)17(24)10-22/h2-5,8,22-23,25H,6-7,9-10H2,1H3/t19-,20-/m0/s1. The third-order valence-corrected chi connectivity index (χ3v) is 6.33. The zero-order valence-electron chi connectivity index (χ0n) is 13.8. The minimum atomic E-state index is -1.67.